The molecule has 1 unspecified atom stereocenters. The van der Waals surface area contributed by atoms with Gasteiger partial charge in [0.1, 0.15) is 0 Å². The van der Waals surface area contributed by atoms with E-state index in [1.807, 2.05) is 0 Å². The molecule has 0 amide bonds. The second kappa shape index (κ2) is 20.6. The van der Waals surface area contributed by atoms with Gasteiger partial charge < -0.3 is 19.3 Å². The molecule has 0 aromatic rings. The van der Waals surface area contributed by atoms with Gasteiger partial charge in [-0.25, -0.2) is 0 Å². The number of thiol groups is 1. The first-order valence-corrected chi connectivity index (χ1v) is 9.76. The average molecular weight is 385 g/mol. The first-order valence-electron chi connectivity index (χ1n) is 8.08. The van der Waals surface area contributed by atoms with Crippen molar-refractivity contribution in [2.45, 2.75) is 44.3 Å². The number of carboxylic acids is 1. The molecule has 1 N–H and O–H groups in total. The minimum atomic E-state index is -0.730. The van der Waals surface area contributed by atoms with E-state index in [9.17, 15) is 9.59 Å². The highest BCUT2D eigenvalue weighted by atomic mass is 32.2. The number of aliphatic carboxylic acids is 1. The SMILES string of the molecule is COCCCCOC(=O)CCS.COCCCCSC(C)C(=O)O. The molecule has 0 spiro atoms. The van der Waals surface area contributed by atoms with Gasteiger partial charge in [0.05, 0.1) is 18.3 Å². The highest BCUT2D eigenvalue weighted by molar-refractivity contribution is 8.00. The Bertz CT molecular complexity index is 302. The van der Waals surface area contributed by atoms with Crippen LogP contribution in [0.25, 0.3) is 0 Å². The highest BCUT2D eigenvalue weighted by Crippen LogP contribution is 2.12. The van der Waals surface area contributed by atoms with E-state index in [2.05, 4.69) is 12.6 Å². The van der Waals surface area contributed by atoms with Crippen LogP contribution in [0.1, 0.15) is 39.0 Å². The largest absolute Gasteiger partial charge is 0.480 e. The summed E-state index contributed by atoms with van der Waals surface area (Å²) in [4.78, 5) is 21.1. The second-order valence-corrected chi connectivity index (χ2v) is 6.84. The lowest BCUT2D eigenvalue weighted by Gasteiger charge is -2.04. The van der Waals surface area contributed by atoms with Gasteiger partial charge >= 0.3 is 11.9 Å². The summed E-state index contributed by atoms with van der Waals surface area (Å²) >= 11 is 5.40. The molecule has 0 aromatic heterocycles. The fourth-order valence-electron chi connectivity index (χ4n) is 1.38. The number of hydrogen-bond acceptors (Lipinski definition) is 7. The zero-order chi connectivity index (χ0) is 18.6. The minimum absolute atomic E-state index is 0.164. The molecule has 6 nitrogen and oxygen atoms in total. The Hall–Kier alpha value is -0.440. The van der Waals surface area contributed by atoms with Crippen molar-refractivity contribution >= 4 is 36.3 Å². The summed E-state index contributed by atoms with van der Waals surface area (Å²) in [5.74, 6) is 0.558. The molecule has 24 heavy (non-hydrogen) atoms. The molecule has 0 bridgehead atoms. The van der Waals surface area contributed by atoms with E-state index in [0.717, 1.165) is 44.6 Å². The van der Waals surface area contributed by atoms with Crippen LogP contribution >= 0.6 is 24.4 Å². The summed E-state index contributed by atoms with van der Waals surface area (Å²) in [5, 5.41) is 8.25. The van der Waals surface area contributed by atoms with Crippen molar-refractivity contribution in [3.63, 3.8) is 0 Å². The molecule has 1 atom stereocenters. The van der Waals surface area contributed by atoms with Crippen LogP contribution in [0, 0.1) is 0 Å². The number of carbonyl (C=O) groups is 2. The maximum Gasteiger partial charge on any atom is 0.316 e. The Balaban J connectivity index is 0. The molecule has 0 aliphatic rings. The molecule has 0 heterocycles. The summed E-state index contributed by atoms with van der Waals surface area (Å²) in [6.07, 6.45) is 4.23. The molecule has 0 aliphatic heterocycles. The highest BCUT2D eigenvalue weighted by Gasteiger charge is 2.09. The fraction of sp³-hybridized carbons (Fsp3) is 0.875. The van der Waals surface area contributed by atoms with Gasteiger partial charge in [-0.15, -0.1) is 11.8 Å². The number of carboxylic acid groups (broad SMARTS) is 1. The molecular formula is C16H32O6S2. The Morgan fingerprint density at radius 1 is 1.04 bits per heavy atom. The van der Waals surface area contributed by atoms with Gasteiger partial charge in [0.2, 0.25) is 0 Å². The van der Waals surface area contributed by atoms with E-state index in [-0.39, 0.29) is 11.2 Å². The van der Waals surface area contributed by atoms with Crippen molar-refractivity contribution in [1.29, 1.82) is 0 Å². The normalized spacial score (nSPS) is 11.3. The molecule has 0 radical (unpaired) electrons. The number of unbranched alkanes of at least 4 members (excludes halogenated alkanes) is 2. The third-order valence-electron chi connectivity index (χ3n) is 2.78. The Labute approximate surface area is 155 Å². The van der Waals surface area contributed by atoms with Gasteiger partial charge in [0.25, 0.3) is 0 Å². The summed E-state index contributed by atoms with van der Waals surface area (Å²) in [7, 11) is 3.33. The predicted molar refractivity (Wildman–Crippen MR) is 101 cm³/mol. The molecular weight excluding hydrogens is 352 g/mol. The minimum Gasteiger partial charge on any atom is -0.480 e. The summed E-state index contributed by atoms with van der Waals surface area (Å²) in [6.45, 7) is 3.70. The van der Waals surface area contributed by atoms with Crippen molar-refractivity contribution in [2.75, 3.05) is 45.5 Å². The van der Waals surface area contributed by atoms with E-state index >= 15 is 0 Å². The monoisotopic (exact) mass is 384 g/mol. The topological polar surface area (TPSA) is 82.1 Å². The second-order valence-electron chi connectivity index (χ2n) is 4.95. The van der Waals surface area contributed by atoms with Crippen molar-refractivity contribution < 1.29 is 28.9 Å². The quantitative estimate of drug-likeness (QED) is 0.271. The van der Waals surface area contributed by atoms with Gasteiger partial charge in [0.15, 0.2) is 0 Å². The maximum absolute atomic E-state index is 10.8. The van der Waals surface area contributed by atoms with Gasteiger partial charge in [-0.2, -0.15) is 12.6 Å². The zero-order valence-electron chi connectivity index (χ0n) is 15.0. The number of rotatable bonds is 14. The molecule has 0 aromatic carbocycles. The number of methoxy groups -OCH3 is 2. The third kappa shape index (κ3) is 21.6. The van der Waals surface area contributed by atoms with E-state index in [4.69, 9.17) is 19.3 Å². The summed E-state index contributed by atoms with van der Waals surface area (Å²) in [5.41, 5.74) is 0. The van der Waals surface area contributed by atoms with Crippen LogP contribution in [0.3, 0.4) is 0 Å². The van der Waals surface area contributed by atoms with Crippen LogP contribution in [-0.4, -0.2) is 67.8 Å². The molecule has 0 fully saturated rings. The van der Waals surface area contributed by atoms with Crippen LogP contribution in [-0.2, 0) is 23.8 Å². The number of thioether (sulfide) groups is 1. The van der Waals surface area contributed by atoms with Gasteiger partial charge in [-0.1, -0.05) is 0 Å². The maximum atomic E-state index is 10.8. The van der Waals surface area contributed by atoms with Crippen molar-refractivity contribution in [3.05, 3.63) is 0 Å². The van der Waals surface area contributed by atoms with Crippen LogP contribution < -0.4 is 0 Å². The Morgan fingerprint density at radius 3 is 2.08 bits per heavy atom. The molecule has 8 heteroatoms. The number of hydrogen-bond donors (Lipinski definition) is 2. The lowest BCUT2D eigenvalue weighted by Crippen LogP contribution is -2.12. The molecule has 0 saturated heterocycles. The van der Waals surface area contributed by atoms with E-state index in [0.29, 0.717) is 18.8 Å². The molecule has 0 aliphatic carbocycles. The van der Waals surface area contributed by atoms with E-state index < -0.39 is 5.97 Å². The molecule has 0 saturated carbocycles. The van der Waals surface area contributed by atoms with E-state index in [1.54, 1.807) is 21.1 Å². The lowest BCUT2D eigenvalue weighted by atomic mass is 10.3. The van der Waals surface area contributed by atoms with Gasteiger partial charge in [-0.05, 0) is 38.4 Å². The third-order valence-corrected chi connectivity index (χ3v) is 4.23. The van der Waals surface area contributed by atoms with Crippen molar-refractivity contribution in [2.24, 2.45) is 0 Å². The molecule has 144 valence electrons. The van der Waals surface area contributed by atoms with Gasteiger partial charge in [-0.3, -0.25) is 9.59 Å². The smallest absolute Gasteiger partial charge is 0.316 e. The van der Waals surface area contributed by atoms with Gasteiger partial charge in [0, 0.05) is 33.2 Å². The molecule has 0 rings (SSSR count). The van der Waals surface area contributed by atoms with E-state index in [1.165, 1.54) is 11.8 Å². The lowest BCUT2D eigenvalue weighted by molar-refractivity contribution is -0.143. The van der Waals surface area contributed by atoms with Crippen LogP contribution in [0.4, 0.5) is 0 Å². The zero-order valence-corrected chi connectivity index (χ0v) is 16.7. The standard InChI is InChI=1S/2C8H16O3S/c1-7(8(9)10)12-6-4-3-5-11-2;1-10-5-2-3-6-11-8(9)4-7-12/h7H,3-6H2,1-2H3,(H,9,10);12H,2-7H2,1H3. The number of esters is 1. The Morgan fingerprint density at radius 2 is 1.58 bits per heavy atom. The van der Waals surface area contributed by atoms with Crippen LogP contribution in [0.5, 0.6) is 0 Å². The fourth-order valence-corrected chi connectivity index (χ4v) is 2.43. The van der Waals surface area contributed by atoms with Crippen molar-refractivity contribution in [3.8, 4) is 0 Å². The first-order chi connectivity index (χ1) is 11.5. The Kier molecular flexibility index (Phi) is 22.1. The summed E-state index contributed by atoms with van der Waals surface area (Å²) < 4.78 is 14.6. The van der Waals surface area contributed by atoms with Crippen molar-refractivity contribution in [1.82, 2.24) is 0 Å². The predicted octanol–water partition coefficient (Wildman–Crippen LogP) is 2.90. The average Bonchev–Trinajstić information content (AvgIpc) is 2.55. The number of carbonyl (C=O) groups excluding carboxylic acids is 1. The number of ether oxygens (including phenoxy) is 3. The van der Waals surface area contributed by atoms with Crippen LogP contribution in [0.15, 0.2) is 0 Å². The first kappa shape index (κ1) is 25.8. The van der Waals surface area contributed by atoms with Crippen LogP contribution in [0.2, 0.25) is 0 Å². The summed E-state index contributed by atoms with van der Waals surface area (Å²) in [6, 6.07) is 0.